The number of carbonyl (C=O) groups is 2. The highest BCUT2D eigenvalue weighted by molar-refractivity contribution is 6.22. The van der Waals surface area contributed by atoms with Crippen molar-refractivity contribution in [3.8, 4) is 11.1 Å². The van der Waals surface area contributed by atoms with Crippen LogP contribution >= 0.6 is 0 Å². The van der Waals surface area contributed by atoms with Crippen LogP contribution in [0.5, 0.6) is 0 Å². The molecule has 0 saturated carbocycles. The molecule has 0 bridgehead atoms. The molecule has 4 heteroatoms. The van der Waals surface area contributed by atoms with E-state index >= 15 is 0 Å². The third-order valence-corrected chi connectivity index (χ3v) is 4.12. The van der Waals surface area contributed by atoms with Crippen molar-refractivity contribution in [3.05, 3.63) is 59.2 Å². The quantitative estimate of drug-likeness (QED) is 0.738. The first-order valence-corrected chi connectivity index (χ1v) is 6.90. The van der Waals surface area contributed by atoms with Crippen LogP contribution in [0.1, 0.15) is 26.3 Å². The summed E-state index contributed by atoms with van der Waals surface area (Å²) in [6.45, 7) is 0.730. The number of aliphatic hydroxyl groups excluding tert-OH is 1. The molecule has 2 aromatic carbocycles. The van der Waals surface area contributed by atoms with E-state index in [-0.39, 0.29) is 11.7 Å². The van der Waals surface area contributed by atoms with E-state index in [1.165, 1.54) is 0 Å². The van der Waals surface area contributed by atoms with Crippen molar-refractivity contribution in [2.24, 2.45) is 0 Å². The Balaban J connectivity index is 1.74. The van der Waals surface area contributed by atoms with Gasteiger partial charge in [-0.2, -0.15) is 0 Å². The molecule has 0 atom stereocenters. The minimum atomic E-state index is -0.422. The van der Waals surface area contributed by atoms with Gasteiger partial charge in [0.25, 0.3) is 5.91 Å². The number of carbonyl (C=O) groups excluding carboxylic acids is 2. The molecular weight excluding hydrogens is 266 g/mol. The van der Waals surface area contributed by atoms with E-state index in [2.05, 4.69) is 0 Å². The van der Waals surface area contributed by atoms with Gasteiger partial charge in [-0.25, -0.2) is 0 Å². The van der Waals surface area contributed by atoms with Crippen LogP contribution in [-0.4, -0.2) is 40.9 Å². The summed E-state index contributed by atoms with van der Waals surface area (Å²) in [5.74, 6) is -0.161. The summed E-state index contributed by atoms with van der Waals surface area (Å²) in [5, 5.41) is 9.28. The normalized spacial score (nSPS) is 16.4. The second kappa shape index (κ2) is 4.27. The SMILES string of the molecule is O=C1c2ccccc2-c2ccc(C(=O)N3CC(O)C3)cc21. The van der Waals surface area contributed by atoms with Crippen molar-refractivity contribution in [2.45, 2.75) is 6.10 Å². The lowest BCUT2D eigenvalue weighted by atomic mass is 10.0. The molecule has 0 aromatic heterocycles. The Morgan fingerprint density at radius 1 is 1.00 bits per heavy atom. The molecule has 4 nitrogen and oxygen atoms in total. The van der Waals surface area contributed by atoms with Gasteiger partial charge in [-0.15, -0.1) is 0 Å². The van der Waals surface area contributed by atoms with Gasteiger partial charge in [-0.1, -0.05) is 30.3 Å². The van der Waals surface area contributed by atoms with E-state index in [0.717, 1.165) is 11.1 Å². The lowest BCUT2D eigenvalue weighted by Crippen LogP contribution is -2.53. The van der Waals surface area contributed by atoms with Crippen molar-refractivity contribution >= 4 is 11.7 Å². The molecule has 0 radical (unpaired) electrons. The average molecular weight is 279 g/mol. The summed E-state index contributed by atoms with van der Waals surface area (Å²) >= 11 is 0. The fourth-order valence-electron chi connectivity index (χ4n) is 2.96. The van der Waals surface area contributed by atoms with Crippen LogP contribution in [0.25, 0.3) is 11.1 Å². The van der Waals surface area contributed by atoms with Crippen molar-refractivity contribution in [1.82, 2.24) is 4.90 Å². The van der Waals surface area contributed by atoms with Gasteiger partial charge in [0.15, 0.2) is 5.78 Å². The predicted octanol–water partition coefficient (Wildman–Crippen LogP) is 1.71. The maximum Gasteiger partial charge on any atom is 0.254 e. The first-order chi connectivity index (χ1) is 10.1. The first-order valence-electron chi connectivity index (χ1n) is 6.90. The van der Waals surface area contributed by atoms with Crippen molar-refractivity contribution in [3.63, 3.8) is 0 Å². The van der Waals surface area contributed by atoms with Gasteiger partial charge in [-0.05, 0) is 23.3 Å². The van der Waals surface area contributed by atoms with E-state index in [0.29, 0.717) is 29.8 Å². The van der Waals surface area contributed by atoms with Gasteiger partial charge in [0.1, 0.15) is 0 Å². The van der Waals surface area contributed by atoms with E-state index in [1.54, 1.807) is 17.0 Å². The molecule has 4 rings (SSSR count). The van der Waals surface area contributed by atoms with Crippen LogP contribution < -0.4 is 0 Å². The van der Waals surface area contributed by atoms with Gasteiger partial charge in [0, 0.05) is 29.8 Å². The van der Waals surface area contributed by atoms with Crippen molar-refractivity contribution in [2.75, 3.05) is 13.1 Å². The summed E-state index contributed by atoms with van der Waals surface area (Å²) in [4.78, 5) is 26.2. The molecule has 1 N–H and O–H groups in total. The van der Waals surface area contributed by atoms with E-state index in [9.17, 15) is 14.7 Å². The molecule has 21 heavy (non-hydrogen) atoms. The minimum absolute atomic E-state index is 0.0288. The Morgan fingerprint density at radius 3 is 2.38 bits per heavy atom. The topological polar surface area (TPSA) is 57.6 Å². The van der Waals surface area contributed by atoms with E-state index in [1.807, 2.05) is 30.3 Å². The lowest BCUT2D eigenvalue weighted by molar-refractivity contribution is 0.00589. The molecule has 0 spiro atoms. The molecule has 1 fully saturated rings. The number of ketones is 1. The summed E-state index contributed by atoms with van der Waals surface area (Å²) in [6, 6.07) is 12.7. The second-order valence-electron chi connectivity index (χ2n) is 5.50. The molecule has 1 saturated heterocycles. The molecule has 1 aliphatic carbocycles. The van der Waals surface area contributed by atoms with Gasteiger partial charge >= 0.3 is 0 Å². The number of fused-ring (bicyclic) bond motifs is 3. The number of rotatable bonds is 1. The van der Waals surface area contributed by atoms with Gasteiger partial charge in [0.05, 0.1) is 6.10 Å². The minimum Gasteiger partial charge on any atom is -0.389 e. The summed E-state index contributed by atoms with van der Waals surface area (Å²) in [5.41, 5.74) is 3.59. The summed E-state index contributed by atoms with van der Waals surface area (Å²) < 4.78 is 0. The number of amides is 1. The number of likely N-dealkylation sites (tertiary alicyclic amines) is 1. The molecular formula is C17H13NO3. The Morgan fingerprint density at radius 2 is 1.67 bits per heavy atom. The molecule has 1 amide bonds. The predicted molar refractivity (Wildman–Crippen MR) is 77.2 cm³/mol. The van der Waals surface area contributed by atoms with Crippen LogP contribution in [0.15, 0.2) is 42.5 Å². The number of hydrogen-bond acceptors (Lipinski definition) is 3. The highest BCUT2D eigenvalue weighted by Gasteiger charge is 2.31. The Bertz CT molecular complexity index is 775. The number of nitrogens with zero attached hydrogens (tertiary/aromatic N) is 1. The average Bonchev–Trinajstić information content (AvgIpc) is 2.77. The lowest BCUT2D eigenvalue weighted by Gasteiger charge is -2.35. The number of hydrogen-bond donors (Lipinski definition) is 1. The van der Waals surface area contributed by atoms with Gasteiger partial charge in [0.2, 0.25) is 0 Å². The number of aliphatic hydroxyl groups is 1. The van der Waals surface area contributed by atoms with Gasteiger partial charge < -0.3 is 10.0 Å². The largest absolute Gasteiger partial charge is 0.389 e. The smallest absolute Gasteiger partial charge is 0.254 e. The summed E-state index contributed by atoms with van der Waals surface area (Å²) in [6.07, 6.45) is -0.422. The first kappa shape index (κ1) is 12.3. The highest BCUT2D eigenvalue weighted by Crippen LogP contribution is 2.36. The zero-order valence-corrected chi connectivity index (χ0v) is 11.2. The molecule has 0 unspecified atom stereocenters. The van der Waals surface area contributed by atoms with Crippen LogP contribution in [0.2, 0.25) is 0 Å². The van der Waals surface area contributed by atoms with Crippen LogP contribution in [0.4, 0.5) is 0 Å². The Kier molecular flexibility index (Phi) is 2.50. The third-order valence-electron chi connectivity index (χ3n) is 4.12. The van der Waals surface area contributed by atoms with Crippen molar-refractivity contribution in [1.29, 1.82) is 0 Å². The molecule has 104 valence electrons. The monoisotopic (exact) mass is 279 g/mol. The van der Waals surface area contributed by atoms with Crippen LogP contribution in [0, 0.1) is 0 Å². The number of benzene rings is 2. The summed E-state index contributed by atoms with van der Waals surface area (Å²) in [7, 11) is 0. The zero-order chi connectivity index (χ0) is 14.6. The zero-order valence-electron chi connectivity index (χ0n) is 11.2. The van der Waals surface area contributed by atoms with Crippen molar-refractivity contribution < 1.29 is 14.7 Å². The Hall–Kier alpha value is -2.46. The van der Waals surface area contributed by atoms with E-state index < -0.39 is 6.10 Å². The molecule has 1 heterocycles. The van der Waals surface area contributed by atoms with Crippen LogP contribution in [-0.2, 0) is 0 Å². The molecule has 2 aliphatic rings. The Labute approximate surface area is 121 Å². The maximum absolute atomic E-state index is 12.4. The van der Waals surface area contributed by atoms with E-state index in [4.69, 9.17) is 0 Å². The third kappa shape index (κ3) is 1.73. The second-order valence-corrected chi connectivity index (χ2v) is 5.50. The highest BCUT2D eigenvalue weighted by atomic mass is 16.3. The molecule has 2 aromatic rings. The van der Waals surface area contributed by atoms with Crippen LogP contribution in [0.3, 0.4) is 0 Å². The maximum atomic E-state index is 12.4. The number of β-amino-alcohol motifs (C(OH)–C–C–N with tert-alkyl or cyclic N) is 1. The standard InChI is InChI=1S/C17H13NO3/c19-11-8-18(9-11)17(21)10-5-6-13-12-3-1-2-4-14(12)16(20)15(13)7-10/h1-7,11,19H,8-9H2. The molecule has 1 aliphatic heterocycles. The van der Waals surface area contributed by atoms with Gasteiger partial charge in [-0.3, -0.25) is 9.59 Å². The fourth-order valence-corrected chi connectivity index (χ4v) is 2.96. The fraction of sp³-hybridized carbons (Fsp3) is 0.176.